The molecule has 1 aliphatic heterocycles. The number of amidine groups is 1. The Balaban J connectivity index is 3.00. The quantitative estimate of drug-likeness (QED) is 0.461. The Kier molecular flexibility index (Phi) is 1.21. The minimum atomic E-state index is -0.549. The molecule has 0 unspecified atom stereocenters. The van der Waals surface area contributed by atoms with E-state index in [9.17, 15) is 9.59 Å². The molecule has 1 aliphatic rings. The minimum Gasteiger partial charge on any atom is -0.279 e. The van der Waals surface area contributed by atoms with Crippen molar-refractivity contribution in [1.82, 2.24) is 9.80 Å². The highest BCUT2D eigenvalue weighted by Crippen LogP contribution is 2.05. The summed E-state index contributed by atoms with van der Waals surface area (Å²) in [5.74, 6) is -0.819. The molecule has 3 amide bonds. The van der Waals surface area contributed by atoms with Crippen LogP contribution < -0.4 is 0 Å². The number of imide groups is 1. The maximum Gasteiger partial charge on any atom is 0.332 e. The number of nitrogens with zero attached hydrogens (tertiary/aromatic N) is 2. The molecular weight excluding hydrogens is 134 g/mol. The van der Waals surface area contributed by atoms with E-state index in [-0.39, 0.29) is 5.84 Å². The van der Waals surface area contributed by atoms with E-state index in [0.29, 0.717) is 0 Å². The second kappa shape index (κ2) is 1.80. The zero-order valence-corrected chi connectivity index (χ0v) is 5.71. The molecule has 5 nitrogen and oxygen atoms in total. The first-order chi connectivity index (χ1) is 4.55. The van der Waals surface area contributed by atoms with Gasteiger partial charge in [-0.25, -0.2) is 4.79 Å². The van der Waals surface area contributed by atoms with Gasteiger partial charge in [-0.05, 0) is 0 Å². The first kappa shape index (κ1) is 6.73. The van der Waals surface area contributed by atoms with Gasteiger partial charge in [0.25, 0.3) is 5.91 Å². The SMILES string of the molecule is CN1C(=N)C(=O)N(C)C1=O. The fourth-order valence-electron chi connectivity index (χ4n) is 0.710. The third kappa shape index (κ3) is 0.601. The molecule has 0 saturated carbocycles. The lowest BCUT2D eigenvalue weighted by molar-refractivity contribution is -0.119. The topological polar surface area (TPSA) is 64.5 Å². The number of hydrogen-bond acceptors (Lipinski definition) is 3. The molecule has 0 aromatic heterocycles. The van der Waals surface area contributed by atoms with Crippen LogP contribution in [0.15, 0.2) is 0 Å². The van der Waals surface area contributed by atoms with Gasteiger partial charge < -0.3 is 0 Å². The van der Waals surface area contributed by atoms with E-state index >= 15 is 0 Å². The summed E-state index contributed by atoms with van der Waals surface area (Å²) in [6, 6.07) is -0.449. The van der Waals surface area contributed by atoms with Crippen LogP contribution in [0.4, 0.5) is 4.79 Å². The fraction of sp³-hybridized carbons (Fsp3) is 0.400. The lowest BCUT2D eigenvalue weighted by atomic mass is 10.5. The highest BCUT2D eigenvalue weighted by molar-refractivity contribution is 6.45. The molecule has 0 aromatic rings. The van der Waals surface area contributed by atoms with Gasteiger partial charge in [0.05, 0.1) is 0 Å². The maximum atomic E-state index is 10.8. The van der Waals surface area contributed by atoms with Crippen molar-refractivity contribution in [1.29, 1.82) is 5.41 Å². The summed E-state index contributed by atoms with van der Waals surface area (Å²) < 4.78 is 0. The molecule has 1 rings (SSSR count). The third-order valence-electron chi connectivity index (χ3n) is 1.42. The lowest BCUT2D eigenvalue weighted by Gasteiger charge is -2.04. The molecular formula is C5H7N3O2. The molecule has 10 heavy (non-hydrogen) atoms. The van der Waals surface area contributed by atoms with Gasteiger partial charge in [0.2, 0.25) is 0 Å². The summed E-state index contributed by atoms with van der Waals surface area (Å²) in [6.45, 7) is 0. The van der Waals surface area contributed by atoms with Crippen molar-refractivity contribution in [2.24, 2.45) is 0 Å². The zero-order chi connectivity index (χ0) is 7.89. The summed E-state index contributed by atoms with van der Waals surface area (Å²) in [5, 5.41) is 7.04. The van der Waals surface area contributed by atoms with E-state index in [2.05, 4.69) is 0 Å². The van der Waals surface area contributed by atoms with Crippen molar-refractivity contribution in [2.45, 2.75) is 0 Å². The fourth-order valence-corrected chi connectivity index (χ4v) is 0.710. The molecule has 1 N–H and O–H groups in total. The van der Waals surface area contributed by atoms with E-state index in [1.807, 2.05) is 0 Å². The number of carbonyl (C=O) groups excluding carboxylic acids is 2. The average molecular weight is 141 g/mol. The maximum absolute atomic E-state index is 10.8. The predicted octanol–water partition coefficient (Wildman–Crippen LogP) is -0.513. The molecule has 0 radical (unpaired) electrons. The molecule has 54 valence electrons. The monoisotopic (exact) mass is 141 g/mol. The number of hydrogen-bond donors (Lipinski definition) is 1. The largest absolute Gasteiger partial charge is 0.332 e. The number of nitrogens with one attached hydrogen (secondary N) is 1. The Morgan fingerprint density at radius 1 is 1.20 bits per heavy atom. The second-order valence-electron chi connectivity index (χ2n) is 2.05. The molecule has 0 atom stereocenters. The van der Waals surface area contributed by atoms with Crippen LogP contribution in [0.5, 0.6) is 0 Å². The van der Waals surface area contributed by atoms with Crippen LogP contribution in [-0.2, 0) is 4.79 Å². The van der Waals surface area contributed by atoms with Gasteiger partial charge in [-0.2, -0.15) is 0 Å². The molecule has 0 bridgehead atoms. The van der Waals surface area contributed by atoms with E-state index in [4.69, 9.17) is 5.41 Å². The molecule has 0 aromatic carbocycles. The van der Waals surface area contributed by atoms with Crippen molar-refractivity contribution in [3.8, 4) is 0 Å². The summed E-state index contributed by atoms with van der Waals surface area (Å²) in [7, 11) is 2.74. The second-order valence-corrected chi connectivity index (χ2v) is 2.05. The average Bonchev–Trinajstić information content (AvgIpc) is 2.07. The van der Waals surface area contributed by atoms with E-state index in [1.54, 1.807) is 0 Å². The van der Waals surface area contributed by atoms with Crippen molar-refractivity contribution in [2.75, 3.05) is 14.1 Å². The van der Waals surface area contributed by atoms with E-state index in [1.165, 1.54) is 14.1 Å². The molecule has 0 spiro atoms. The Morgan fingerprint density at radius 3 is 1.80 bits per heavy atom. The summed E-state index contributed by atoms with van der Waals surface area (Å²) in [6.07, 6.45) is 0. The van der Waals surface area contributed by atoms with Crippen molar-refractivity contribution in [3.63, 3.8) is 0 Å². The third-order valence-corrected chi connectivity index (χ3v) is 1.42. The molecule has 5 heteroatoms. The summed E-state index contributed by atoms with van der Waals surface area (Å²) in [4.78, 5) is 23.5. The smallest absolute Gasteiger partial charge is 0.279 e. The Morgan fingerprint density at radius 2 is 1.70 bits per heavy atom. The van der Waals surface area contributed by atoms with Gasteiger partial charge in [-0.15, -0.1) is 0 Å². The highest BCUT2D eigenvalue weighted by Gasteiger charge is 2.36. The number of likely N-dealkylation sites (N-methyl/N-ethyl adjacent to an activating group) is 2. The van der Waals surface area contributed by atoms with Gasteiger partial charge >= 0.3 is 6.03 Å². The van der Waals surface area contributed by atoms with Crippen LogP contribution in [0.2, 0.25) is 0 Å². The van der Waals surface area contributed by atoms with Crippen LogP contribution in [-0.4, -0.2) is 41.7 Å². The Bertz CT molecular complexity index is 201. The van der Waals surface area contributed by atoms with E-state index < -0.39 is 11.9 Å². The van der Waals surface area contributed by atoms with Crippen LogP contribution in [0, 0.1) is 5.41 Å². The van der Waals surface area contributed by atoms with Crippen molar-refractivity contribution < 1.29 is 9.59 Å². The number of rotatable bonds is 0. The Hall–Kier alpha value is -1.39. The standard InChI is InChI=1S/C5H7N3O2/c1-7-3(6)4(9)8(2)5(7)10/h6H,1-2H3. The van der Waals surface area contributed by atoms with Gasteiger partial charge in [0.15, 0.2) is 5.84 Å². The zero-order valence-electron chi connectivity index (χ0n) is 5.71. The molecule has 1 fully saturated rings. The number of amides is 3. The molecule has 1 heterocycles. The van der Waals surface area contributed by atoms with Gasteiger partial charge in [0.1, 0.15) is 0 Å². The van der Waals surface area contributed by atoms with Gasteiger partial charge in [0, 0.05) is 14.1 Å². The number of carbonyl (C=O) groups is 2. The van der Waals surface area contributed by atoms with Crippen molar-refractivity contribution in [3.05, 3.63) is 0 Å². The first-order valence-corrected chi connectivity index (χ1v) is 2.70. The lowest BCUT2D eigenvalue weighted by Crippen LogP contribution is -2.27. The van der Waals surface area contributed by atoms with Crippen LogP contribution in [0.1, 0.15) is 0 Å². The summed E-state index contributed by atoms with van der Waals surface area (Å²) >= 11 is 0. The molecule has 1 saturated heterocycles. The Labute approximate surface area is 57.7 Å². The van der Waals surface area contributed by atoms with E-state index in [0.717, 1.165) is 9.80 Å². The summed E-state index contributed by atoms with van der Waals surface area (Å²) in [5.41, 5.74) is 0. The van der Waals surface area contributed by atoms with Crippen LogP contribution in [0.25, 0.3) is 0 Å². The number of urea groups is 1. The van der Waals surface area contributed by atoms with Crippen molar-refractivity contribution >= 4 is 17.8 Å². The van der Waals surface area contributed by atoms with Gasteiger partial charge in [-0.1, -0.05) is 0 Å². The molecule has 0 aliphatic carbocycles. The normalized spacial score (nSPS) is 19.2. The van der Waals surface area contributed by atoms with Gasteiger partial charge in [-0.3, -0.25) is 20.0 Å². The van der Waals surface area contributed by atoms with Crippen LogP contribution >= 0.6 is 0 Å². The van der Waals surface area contributed by atoms with Crippen LogP contribution in [0.3, 0.4) is 0 Å². The highest BCUT2D eigenvalue weighted by atomic mass is 16.2. The first-order valence-electron chi connectivity index (χ1n) is 2.70. The predicted molar refractivity (Wildman–Crippen MR) is 33.7 cm³/mol. The minimum absolute atomic E-state index is 0.271.